The molecule has 1 aliphatic rings. The van der Waals surface area contributed by atoms with Crippen LogP contribution in [0, 0.1) is 0 Å². The molecule has 90 valence electrons. The molecule has 2 aromatic rings. The highest BCUT2D eigenvalue weighted by Gasteiger charge is 2.33. The van der Waals surface area contributed by atoms with Crippen molar-refractivity contribution in [3.63, 3.8) is 0 Å². The molecule has 0 spiro atoms. The van der Waals surface area contributed by atoms with Gasteiger partial charge in [0.1, 0.15) is 6.33 Å². The van der Waals surface area contributed by atoms with Gasteiger partial charge in [0.2, 0.25) is 0 Å². The van der Waals surface area contributed by atoms with E-state index in [2.05, 4.69) is 26.9 Å². The molecule has 5 nitrogen and oxygen atoms in total. The maximum absolute atomic E-state index is 4.44. The largest absolute Gasteiger partial charge is 0.316 e. The number of nitrogens with zero attached hydrogens (tertiary/aromatic N) is 4. The van der Waals surface area contributed by atoms with Gasteiger partial charge in [-0.3, -0.25) is 9.25 Å². The molecule has 0 saturated carbocycles. The highest BCUT2D eigenvalue weighted by Crippen LogP contribution is 2.30. The average molecular weight is 231 g/mol. The summed E-state index contributed by atoms with van der Waals surface area (Å²) in [6.45, 7) is 4.36. The molecule has 0 aliphatic carbocycles. The van der Waals surface area contributed by atoms with Crippen molar-refractivity contribution in [2.24, 2.45) is 7.05 Å². The second-order valence-corrected chi connectivity index (χ2v) is 4.98. The van der Waals surface area contributed by atoms with Crippen molar-refractivity contribution in [2.45, 2.75) is 18.8 Å². The Morgan fingerprint density at radius 1 is 1.47 bits per heavy atom. The molecule has 1 N–H and O–H groups in total. The lowest BCUT2D eigenvalue weighted by molar-refractivity contribution is 0.497. The first-order valence-electron chi connectivity index (χ1n) is 5.93. The predicted molar refractivity (Wildman–Crippen MR) is 65.2 cm³/mol. The van der Waals surface area contributed by atoms with Crippen molar-refractivity contribution in [1.82, 2.24) is 24.6 Å². The summed E-state index contributed by atoms with van der Waals surface area (Å²) >= 11 is 0. The van der Waals surface area contributed by atoms with E-state index in [-0.39, 0.29) is 5.41 Å². The second-order valence-electron chi connectivity index (χ2n) is 4.98. The maximum Gasteiger partial charge on any atom is 0.160 e. The van der Waals surface area contributed by atoms with Gasteiger partial charge in [-0.2, -0.15) is 5.10 Å². The third kappa shape index (κ3) is 1.67. The van der Waals surface area contributed by atoms with E-state index in [1.165, 1.54) is 5.69 Å². The van der Waals surface area contributed by atoms with Crippen molar-refractivity contribution >= 4 is 0 Å². The van der Waals surface area contributed by atoms with Crippen LogP contribution < -0.4 is 5.32 Å². The number of aromatic nitrogens is 4. The van der Waals surface area contributed by atoms with E-state index in [4.69, 9.17) is 0 Å². The molecule has 0 bridgehead atoms. The summed E-state index contributed by atoms with van der Waals surface area (Å²) in [4.78, 5) is 4.28. The monoisotopic (exact) mass is 231 g/mol. The quantitative estimate of drug-likeness (QED) is 0.834. The zero-order valence-electron chi connectivity index (χ0n) is 10.2. The normalized spacial score (nSPS) is 24.4. The van der Waals surface area contributed by atoms with Gasteiger partial charge in [0, 0.05) is 37.5 Å². The number of aryl methyl sites for hydroxylation is 1. The van der Waals surface area contributed by atoms with E-state index in [0.717, 1.165) is 25.3 Å². The maximum atomic E-state index is 4.44. The van der Waals surface area contributed by atoms with Gasteiger partial charge >= 0.3 is 0 Å². The van der Waals surface area contributed by atoms with E-state index < -0.39 is 0 Å². The molecule has 0 radical (unpaired) electrons. The van der Waals surface area contributed by atoms with Crippen molar-refractivity contribution in [2.75, 3.05) is 13.1 Å². The van der Waals surface area contributed by atoms with Gasteiger partial charge < -0.3 is 5.32 Å². The first-order valence-corrected chi connectivity index (χ1v) is 5.93. The fourth-order valence-electron chi connectivity index (χ4n) is 2.49. The molecule has 5 heteroatoms. The van der Waals surface area contributed by atoms with Crippen molar-refractivity contribution < 1.29 is 0 Å². The van der Waals surface area contributed by atoms with Crippen molar-refractivity contribution in [3.05, 3.63) is 30.5 Å². The summed E-state index contributed by atoms with van der Waals surface area (Å²) in [6.07, 6.45) is 6.91. The zero-order chi connectivity index (χ0) is 11.9. The standard InChI is InChI=1S/C12H17N5/c1-12(4-5-13-8-12)10-7-14-9-17(10)11-3-6-16(2)15-11/h3,6-7,9,13H,4-5,8H2,1-2H3. The molecule has 3 heterocycles. The van der Waals surface area contributed by atoms with Crippen LogP contribution in [-0.2, 0) is 12.5 Å². The van der Waals surface area contributed by atoms with Gasteiger partial charge in [-0.1, -0.05) is 6.92 Å². The van der Waals surface area contributed by atoms with Gasteiger partial charge in [0.25, 0.3) is 0 Å². The number of rotatable bonds is 2. The third-order valence-electron chi connectivity index (χ3n) is 3.57. The SMILES string of the molecule is Cn1ccc(-n2cncc2C2(C)CCNC2)n1. The van der Waals surface area contributed by atoms with Gasteiger partial charge in [-0.15, -0.1) is 0 Å². The van der Waals surface area contributed by atoms with Gasteiger partial charge in [0.05, 0.1) is 5.69 Å². The van der Waals surface area contributed by atoms with Crippen LogP contribution in [0.1, 0.15) is 19.0 Å². The lowest BCUT2D eigenvalue weighted by Gasteiger charge is -2.23. The molecule has 2 aromatic heterocycles. The Kier molecular flexibility index (Phi) is 2.29. The number of imidazole rings is 1. The van der Waals surface area contributed by atoms with E-state index in [9.17, 15) is 0 Å². The van der Waals surface area contributed by atoms with Crippen LogP contribution in [0.3, 0.4) is 0 Å². The Bertz CT molecular complexity index is 518. The van der Waals surface area contributed by atoms with Crippen molar-refractivity contribution in [1.29, 1.82) is 0 Å². The molecular formula is C12H17N5. The van der Waals surface area contributed by atoms with Crippen LogP contribution in [0.25, 0.3) is 5.82 Å². The molecule has 17 heavy (non-hydrogen) atoms. The minimum Gasteiger partial charge on any atom is -0.316 e. The molecular weight excluding hydrogens is 214 g/mol. The Morgan fingerprint density at radius 3 is 3.00 bits per heavy atom. The highest BCUT2D eigenvalue weighted by molar-refractivity contribution is 5.29. The molecule has 3 rings (SSSR count). The number of hydrogen-bond donors (Lipinski definition) is 1. The van der Waals surface area contributed by atoms with Crippen LogP contribution >= 0.6 is 0 Å². The summed E-state index contributed by atoms with van der Waals surface area (Å²) in [5, 5.41) is 7.85. The Morgan fingerprint density at radius 2 is 2.35 bits per heavy atom. The van der Waals surface area contributed by atoms with E-state index in [1.54, 1.807) is 0 Å². The predicted octanol–water partition coefficient (Wildman–Crippen LogP) is 0.857. The van der Waals surface area contributed by atoms with Gasteiger partial charge in [0.15, 0.2) is 5.82 Å². The van der Waals surface area contributed by atoms with Crippen LogP contribution in [0.15, 0.2) is 24.8 Å². The zero-order valence-corrected chi connectivity index (χ0v) is 10.2. The smallest absolute Gasteiger partial charge is 0.160 e. The van der Waals surface area contributed by atoms with E-state index in [0.29, 0.717) is 0 Å². The molecule has 1 aliphatic heterocycles. The van der Waals surface area contributed by atoms with Crippen LogP contribution in [0.2, 0.25) is 0 Å². The first-order chi connectivity index (χ1) is 8.19. The van der Waals surface area contributed by atoms with Crippen LogP contribution in [0.4, 0.5) is 0 Å². The Hall–Kier alpha value is -1.62. The molecule has 1 saturated heterocycles. The lowest BCUT2D eigenvalue weighted by Crippen LogP contribution is -2.27. The summed E-state index contributed by atoms with van der Waals surface area (Å²) in [5.41, 5.74) is 1.40. The number of nitrogens with one attached hydrogen (secondary N) is 1. The summed E-state index contributed by atoms with van der Waals surface area (Å²) < 4.78 is 3.90. The summed E-state index contributed by atoms with van der Waals surface area (Å²) in [6, 6.07) is 2.01. The minimum absolute atomic E-state index is 0.161. The van der Waals surface area contributed by atoms with Crippen molar-refractivity contribution in [3.8, 4) is 5.82 Å². The fourth-order valence-corrected chi connectivity index (χ4v) is 2.49. The second kappa shape index (κ2) is 3.70. The third-order valence-corrected chi connectivity index (χ3v) is 3.57. The number of hydrogen-bond acceptors (Lipinski definition) is 3. The summed E-state index contributed by atoms with van der Waals surface area (Å²) in [5.74, 6) is 0.938. The van der Waals surface area contributed by atoms with E-state index >= 15 is 0 Å². The Balaban J connectivity index is 2.05. The van der Waals surface area contributed by atoms with Crippen LogP contribution in [0.5, 0.6) is 0 Å². The average Bonchev–Trinajstić information content (AvgIpc) is 2.96. The molecule has 1 unspecified atom stereocenters. The molecule has 0 aromatic carbocycles. The van der Waals surface area contributed by atoms with Gasteiger partial charge in [-0.25, -0.2) is 4.98 Å². The van der Waals surface area contributed by atoms with Gasteiger partial charge in [-0.05, 0) is 13.0 Å². The highest BCUT2D eigenvalue weighted by atomic mass is 15.3. The fraction of sp³-hybridized carbons (Fsp3) is 0.500. The first kappa shape index (κ1) is 10.5. The molecule has 1 atom stereocenters. The van der Waals surface area contributed by atoms with Crippen LogP contribution in [-0.4, -0.2) is 32.4 Å². The summed E-state index contributed by atoms with van der Waals surface area (Å²) in [7, 11) is 1.93. The lowest BCUT2D eigenvalue weighted by atomic mass is 9.86. The van der Waals surface area contributed by atoms with E-state index in [1.807, 2.05) is 36.5 Å². The molecule has 1 fully saturated rings. The topological polar surface area (TPSA) is 47.7 Å². The minimum atomic E-state index is 0.161. The molecule has 0 amide bonds. The Labute approximate surface area is 100 Å².